The summed E-state index contributed by atoms with van der Waals surface area (Å²) in [6.07, 6.45) is 4.39. The Morgan fingerprint density at radius 1 is 1.32 bits per heavy atom. The maximum Gasteiger partial charge on any atom is 0.225 e. The summed E-state index contributed by atoms with van der Waals surface area (Å²) in [4.78, 5) is 19.0. The van der Waals surface area contributed by atoms with E-state index in [4.69, 9.17) is 0 Å². The van der Waals surface area contributed by atoms with E-state index in [9.17, 15) is 9.18 Å². The number of nitrogens with zero attached hydrogens (tertiary/aromatic N) is 3. The predicted molar refractivity (Wildman–Crippen MR) is 107 cm³/mol. The molecule has 1 aliphatic rings. The molecular weight excluding hydrogens is 357 g/mol. The lowest BCUT2D eigenvalue weighted by Crippen LogP contribution is -2.28. The van der Waals surface area contributed by atoms with E-state index in [-0.39, 0.29) is 23.3 Å². The van der Waals surface area contributed by atoms with Crippen molar-refractivity contribution in [1.82, 2.24) is 20.1 Å². The van der Waals surface area contributed by atoms with Gasteiger partial charge in [-0.05, 0) is 44.0 Å². The third kappa shape index (κ3) is 4.04. The summed E-state index contributed by atoms with van der Waals surface area (Å²) in [6, 6.07) is 9.49. The van der Waals surface area contributed by atoms with Crippen molar-refractivity contribution in [3.63, 3.8) is 0 Å². The number of aromatic nitrogens is 3. The number of nitrogens with one attached hydrogen (secondary N) is 2. The molecule has 2 aromatic heterocycles. The normalized spacial score (nSPS) is 15.8. The minimum Gasteiger partial charge on any atom is -0.307 e. The van der Waals surface area contributed by atoms with Crippen LogP contribution in [0, 0.1) is 11.7 Å². The number of halogens is 1. The highest BCUT2D eigenvalue weighted by Crippen LogP contribution is 2.27. The second-order valence-electron chi connectivity index (χ2n) is 7.54. The Balaban J connectivity index is 1.43. The fourth-order valence-corrected chi connectivity index (χ4v) is 3.78. The van der Waals surface area contributed by atoms with Crippen LogP contribution in [0.1, 0.15) is 26.2 Å². The van der Waals surface area contributed by atoms with E-state index in [2.05, 4.69) is 25.4 Å². The van der Waals surface area contributed by atoms with Crippen molar-refractivity contribution in [3.8, 4) is 11.3 Å². The number of likely N-dealkylation sites (tertiary alicyclic amines) is 1. The molecule has 3 heterocycles. The van der Waals surface area contributed by atoms with Crippen LogP contribution in [0.3, 0.4) is 0 Å². The molecule has 146 valence electrons. The summed E-state index contributed by atoms with van der Waals surface area (Å²) in [6.45, 7) is 5.14. The first-order valence-corrected chi connectivity index (χ1v) is 9.71. The van der Waals surface area contributed by atoms with Gasteiger partial charge in [-0.2, -0.15) is 5.10 Å². The second kappa shape index (κ2) is 8.06. The lowest BCUT2D eigenvalue weighted by molar-refractivity contribution is -0.117. The Morgan fingerprint density at radius 3 is 2.93 bits per heavy atom. The number of hydrogen-bond donors (Lipinski definition) is 2. The van der Waals surface area contributed by atoms with Crippen LogP contribution < -0.4 is 5.32 Å². The van der Waals surface area contributed by atoms with Gasteiger partial charge in [-0.15, -0.1) is 0 Å². The molecule has 28 heavy (non-hydrogen) atoms. The zero-order chi connectivity index (χ0) is 19.5. The molecule has 2 N–H and O–H groups in total. The van der Waals surface area contributed by atoms with E-state index in [0.29, 0.717) is 12.0 Å². The number of amides is 1. The van der Waals surface area contributed by atoms with E-state index in [1.165, 1.54) is 12.8 Å². The van der Waals surface area contributed by atoms with Crippen LogP contribution in [0.5, 0.6) is 0 Å². The first-order valence-electron chi connectivity index (χ1n) is 9.71. The first kappa shape index (κ1) is 18.6. The van der Waals surface area contributed by atoms with Gasteiger partial charge in [0.25, 0.3) is 0 Å². The van der Waals surface area contributed by atoms with E-state index < -0.39 is 5.82 Å². The highest BCUT2D eigenvalue weighted by molar-refractivity contribution is 5.91. The summed E-state index contributed by atoms with van der Waals surface area (Å²) in [7, 11) is 0. The van der Waals surface area contributed by atoms with Crippen molar-refractivity contribution in [3.05, 3.63) is 42.3 Å². The number of para-hydroxylation sites is 1. The molecule has 1 unspecified atom stereocenters. The molecule has 0 radical (unpaired) electrons. The second-order valence-corrected chi connectivity index (χ2v) is 7.54. The molecule has 3 aromatic rings. The molecule has 1 saturated heterocycles. The van der Waals surface area contributed by atoms with Crippen LogP contribution in [-0.2, 0) is 4.79 Å². The number of aromatic amines is 1. The Bertz CT molecular complexity index is 980. The SMILES string of the molecule is CC(CC(=O)Nc1n[nH]c(-c2cnc3ccccc3c2)c1F)CN1CCCC1. The molecule has 6 nitrogen and oxygen atoms in total. The van der Waals surface area contributed by atoms with E-state index in [1.54, 1.807) is 6.20 Å². The fraction of sp³-hybridized carbons (Fsp3) is 0.381. The van der Waals surface area contributed by atoms with Gasteiger partial charge in [0.2, 0.25) is 5.91 Å². The smallest absolute Gasteiger partial charge is 0.225 e. The molecule has 0 saturated carbocycles. The number of pyridine rings is 1. The standard InChI is InChI=1S/C21H24FN5O/c1-14(13-27-8-4-5-9-27)10-18(28)24-21-19(22)20(25-26-21)16-11-15-6-2-3-7-17(15)23-12-16/h2-3,6-7,11-12,14H,4-5,8-10,13H2,1H3,(H2,24,25,26,28). The summed E-state index contributed by atoms with van der Waals surface area (Å²) in [5.74, 6) is -0.649. The third-order valence-electron chi connectivity index (χ3n) is 5.15. The molecule has 0 spiro atoms. The first-order chi connectivity index (χ1) is 13.6. The van der Waals surface area contributed by atoms with Crippen molar-refractivity contribution < 1.29 is 9.18 Å². The van der Waals surface area contributed by atoms with E-state index in [0.717, 1.165) is 30.5 Å². The molecule has 1 atom stereocenters. The third-order valence-corrected chi connectivity index (χ3v) is 5.15. The Hall–Kier alpha value is -2.80. The summed E-state index contributed by atoms with van der Waals surface area (Å²) in [5, 5.41) is 10.1. The molecular formula is C21H24FN5O. The minimum atomic E-state index is -0.572. The zero-order valence-corrected chi connectivity index (χ0v) is 15.9. The number of rotatable bonds is 6. The van der Waals surface area contributed by atoms with Crippen LogP contribution in [0.15, 0.2) is 36.5 Å². The van der Waals surface area contributed by atoms with E-state index in [1.807, 2.05) is 37.3 Å². The number of hydrogen-bond acceptors (Lipinski definition) is 4. The molecule has 1 aromatic carbocycles. The number of carbonyl (C=O) groups excluding carboxylic acids is 1. The highest BCUT2D eigenvalue weighted by Gasteiger charge is 2.20. The Morgan fingerprint density at radius 2 is 2.11 bits per heavy atom. The molecule has 0 aliphatic carbocycles. The van der Waals surface area contributed by atoms with Gasteiger partial charge in [0.1, 0.15) is 5.69 Å². The van der Waals surface area contributed by atoms with Gasteiger partial charge < -0.3 is 10.2 Å². The van der Waals surface area contributed by atoms with Crippen LogP contribution in [-0.4, -0.2) is 45.6 Å². The molecule has 7 heteroatoms. The average molecular weight is 381 g/mol. The van der Waals surface area contributed by atoms with Crippen LogP contribution in [0.4, 0.5) is 10.2 Å². The van der Waals surface area contributed by atoms with E-state index >= 15 is 0 Å². The number of fused-ring (bicyclic) bond motifs is 1. The summed E-state index contributed by atoms with van der Waals surface area (Å²) < 4.78 is 14.8. The van der Waals surface area contributed by atoms with Crippen molar-refractivity contribution in [2.75, 3.05) is 25.0 Å². The zero-order valence-electron chi connectivity index (χ0n) is 15.9. The Labute approximate surface area is 163 Å². The van der Waals surface area contributed by atoms with Crippen LogP contribution in [0.2, 0.25) is 0 Å². The van der Waals surface area contributed by atoms with Gasteiger partial charge in [-0.25, -0.2) is 4.39 Å². The van der Waals surface area contributed by atoms with Crippen molar-refractivity contribution in [2.24, 2.45) is 5.92 Å². The van der Waals surface area contributed by atoms with Gasteiger partial charge in [0.15, 0.2) is 11.6 Å². The number of H-pyrrole nitrogens is 1. The lowest BCUT2D eigenvalue weighted by Gasteiger charge is -2.19. The maximum atomic E-state index is 14.8. The topological polar surface area (TPSA) is 73.9 Å². The van der Waals surface area contributed by atoms with Gasteiger partial charge >= 0.3 is 0 Å². The molecule has 1 fully saturated rings. The highest BCUT2D eigenvalue weighted by atomic mass is 19.1. The minimum absolute atomic E-state index is 0.0680. The largest absolute Gasteiger partial charge is 0.307 e. The average Bonchev–Trinajstić information content (AvgIpc) is 3.31. The predicted octanol–water partition coefficient (Wildman–Crippen LogP) is 3.82. The van der Waals surface area contributed by atoms with Crippen LogP contribution >= 0.6 is 0 Å². The number of carbonyl (C=O) groups is 1. The summed E-state index contributed by atoms with van der Waals surface area (Å²) >= 11 is 0. The van der Waals surface area contributed by atoms with Crippen molar-refractivity contribution >= 4 is 22.6 Å². The monoisotopic (exact) mass is 381 g/mol. The summed E-state index contributed by atoms with van der Waals surface area (Å²) in [5.41, 5.74) is 1.65. The fourth-order valence-electron chi connectivity index (χ4n) is 3.78. The van der Waals surface area contributed by atoms with Crippen LogP contribution in [0.25, 0.3) is 22.2 Å². The Kier molecular flexibility index (Phi) is 5.34. The molecule has 1 amide bonds. The van der Waals surface area contributed by atoms with Gasteiger partial charge in [0, 0.05) is 30.1 Å². The van der Waals surface area contributed by atoms with Gasteiger partial charge in [0.05, 0.1) is 5.52 Å². The van der Waals surface area contributed by atoms with Crippen molar-refractivity contribution in [2.45, 2.75) is 26.2 Å². The van der Waals surface area contributed by atoms with Gasteiger partial charge in [-0.1, -0.05) is 25.1 Å². The molecule has 0 bridgehead atoms. The quantitative estimate of drug-likeness (QED) is 0.681. The van der Waals surface area contributed by atoms with Crippen molar-refractivity contribution in [1.29, 1.82) is 0 Å². The number of anilines is 1. The van der Waals surface area contributed by atoms with Gasteiger partial charge in [-0.3, -0.25) is 14.9 Å². The molecule has 4 rings (SSSR count). The lowest BCUT2D eigenvalue weighted by atomic mass is 10.1. The maximum absolute atomic E-state index is 14.8. The molecule has 1 aliphatic heterocycles. The number of benzene rings is 1.